The first-order valence-electron chi connectivity index (χ1n) is 8.68. The van der Waals surface area contributed by atoms with Crippen molar-refractivity contribution in [2.45, 2.75) is 46.1 Å². The van der Waals surface area contributed by atoms with Gasteiger partial charge in [-0.05, 0) is 38.0 Å². The van der Waals surface area contributed by atoms with E-state index in [1.165, 1.54) is 0 Å². The lowest BCUT2D eigenvalue weighted by Gasteiger charge is -2.20. The molecule has 0 N–H and O–H groups in total. The zero-order valence-electron chi connectivity index (χ0n) is 15.4. The standard InChI is InChI=1S/C18H26ClO6P/c1-4-7-18(21)25-17(14-8-10-15(19)11-9-14)12-16(20)13-26(22,23-5-2)24-6-3/h8-11,17H,4-7,12-13H2,1-3H3/t17-/m0/s1. The van der Waals surface area contributed by atoms with Gasteiger partial charge in [-0.25, -0.2) is 0 Å². The second-order valence-electron chi connectivity index (χ2n) is 5.63. The van der Waals surface area contributed by atoms with Gasteiger partial charge in [0, 0.05) is 17.9 Å². The van der Waals surface area contributed by atoms with Gasteiger partial charge in [-0.3, -0.25) is 14.2 Å². The normalized spacial score (nSPS) is 12.6. The van der Waals surface area contributed by atoms with Gasteiger partial charge in [-0.15, -0.1) is 0 Å². The van der Waals surface area contributed by atoms with E-state index in [0.717, 1.165) is 0 Å². The van der Waals surface area contributed by atoms with Crippen molar-refractivity contribution >= 4 is 30.9 Å². The highest BCUT2D eigenvalue weighted by Crippen LogP contribution is 2.48. The third-order valence-corrected chi connectivity index (χ3v) is 5.70. The third kappa shape index (κ3) is 8.00. The quantitative estimate of drug-likeness (QED) is 0.362. The molecule has 0 aromatic heterocycles. The number of esters is 1. The molecule has 0 aliphatic carbocycles. The first-order valence-corrected chi connectivity index (χ1v) is 10.8. The largest absolute Gasteiger partial charge is 0.457 e. The monoisotopic (exact) mass is 404 g/mol. The van der Waals surface area contributed by atoms with E-state index >= 15 is 0 Å². The van der Waals surface area contributed by atoms with E-state index in [1.54, 1.807) is 38.1 Å². The number of hydrogen-bond acceptors (Lipinski definition) is 6. The summed E-state index contributed by atoms with van der Waals surface area (Å²) in [6, 6.07) is 6.72. The maximum atomic E-state index is 12.5. The van der Waals surface area contributed by atoms with E-state index in [2.05, 4.69) is 0 Å². The molecular weight excluding hydrogens is 379 g/mol. The number of hydrogen-bond donors (Lipinski definition) is 0. The molecule has 6 nitrogen and oxygen atoms in total. The van der Waals surface area contributed by atoms with Crippen molar-refractivity contribution in [2.75, 3.05) is 19.4 Å². The second kappa shape index (κ2) is 11.5. The van der Waals surface area contributed by atoms with Crippen molar-refractivity contribution in [1.29, 1.82) is 0 Å². The SMILES string of the molecule is CCCC(=O)O[C@@H](CC(=O)CP(=O)(OCC)OCC)c1ccc(Cl)cc1. The summed E-state index contributed by atoms with van der Waals surface area (Å²) in [6.45, 7) is 5.58. The summed E-state index contributed by atoms with van der Waals surface area (Å²) < 4.78 is 28.3. The van der Waals surface area contributed by atoms with Crippen molar-refractivity contribution in [3.8, 4) is 0 Å². The molecule has 0 aliphatic heterocycles. The Hall–Kier alpha value is -1.20. The van der Waals surface area contributed by atoms with Gasteiger partial charge in [0.25, 0.3) is 0 Å². The molecule has 146 valence electrons. The molecule has 0 saturated heterocycles. The van der Waals surface area contributed by atoms with Gasteiger partial charge < -0.3 is 13.8 Å². The molecule has 0 bridgehead atoms. The molecule has 0 spiro atoms. The molecule has 0 saturated carbocycles. The minimum absolute atomic E-state index is 0.110. The highest BCUT2D eigenvalue weighted by atomic mass is 35.5. The van der Waals surface area contributed by atoms with Crippen molar-refractivity contribution in [3.05, 3.63) is 34.9 Å². The average Bonchev–Trinajstić information content (AvgIpc) is 2.55. The Labute approximate surface area is 159 Å². The van der Waals surface area contributed by atoms with Gasteiger partial charge in [-0.1, -0.05) is 30.7 Å². The summed E-state index contributed by atoms with van der Waals surface area (Å²) in [5, 5.41) is 0.538. The van der Waals surface area contributed by atoms with Crippen LogP contribution in [-0.4, -0.2) is 31.1 Å². The van der Waals surface area contributed by atoms with Gasteiger partial charge in [0.2, 0.25) is 0 Å². The number of ketones is 1. The predicted molar refractivity (Wildman–Crippen MR) is 101 cm³/mol. The minimum atomic E-state index is -3.49. The van der Waals surface area contributed by atoms with E-state index in [1.807, 2.05) is 6.92 Å². The second-order valence-corrected chi connectivity index (χ2v) is 8.12. The number of benzene rings is 1. The molecule has 0 radical (unpaired) electrons. The molecular formula is C18H26ClO6P. The molecule has 0 fully saturated rings. The van der Waals surface area contributed by atoms with E-state index in [-0.39, 0.29) is 38.0 Å². The molecule has 26 heavy (non-hydrogen) atoms. The van der Waals surface area contributed by atoms with Crippen LogP contribution in [0.25, 0.3) is 0 Å². The zero-order chi connectivity index (χ0) is 19.6. The highest BCUT2D eigenvalue weighted by molar-refractivity contribution is 7.54. The van der Waals surface area contributed by atoms with Crippen LogP contribution in [0.2, 0.25) is 5.02 Å². The summed E-state index contributed by atoms with van der Waals surface area (Å²) in [5.41, 5.74) is 0.648. The predicted octanol–water partition coefficient (Wildman–Crippen LogP) is 4.95. The zero-order valence-corrected chi connectivity index (χ0v) is 17.1. The van der Waals surface area contributed by atoms with Crippen LogP contribution in [0, 0.1) is 0 Å². The van der Waals surface area contributed by atoms with Crippen molar-refractivity contribution in [1.82, 2.24) is 0 Å². The molecule has 1 rings (SSSR count). The van der Waals surface area contributed by atoms with Crippen LogP contribution in [-0.2, 0) is 27.9 Å². The molecule has 0 unspecified atom stereocenters. The van der Waals surface area contributed by atoms with Gasteiger partial charge in [0.1, 0.15) is 18.0 Å². The van der Waals surface area contributed by atoms with Crippen molar-refractivity contribution < 1.29 is 27.9 Å². The van der Waals surface area contributed by atoms with E-state index in [4.69, 9.17) is 25.4 Å². The lowest BCUT2D eigenvalue weighted by atomic mass is 10.0. The molecule has 0 amide bonds. The average molecular weight is 405 g/mol. The smallest absolute Gasteiger partial charge is 0.338 e. The van der Waals surface area contributed by atoms with Crippen LogP contribution < -0.4 is 0 Å². The lowest BCUT2D eigenvalue weighted by Crippen LogP contribution is -2.18. The summed E-state index contributed by atoms with van der Waals surface area (Å²) in [5.74, 6) is -0.752. The molecule has 0 aliphatic rings. The number of Topliss-reactive ketones (excluding diaryl/α,β-unsaturated/α-hetero) is 1. The fraction of sp³-hybridized carbons (Fsp3) is 0.556. The highest BCUT2D eigenvalue weighted by Gasteiger charge is 2.30. The molecule has 1 aromatic rings. The van der Waals surface area contributed by atoms with Crippen LogP contribution in [0.5, 0.6) is 0 Å². The van der Waals surface area contributed by atoms with E-state index in [0.29, 0.717) is 17.0 Å². The van der Waals surface area contributed by atoms with Gasteiger partial charge in [0.05, 0.1) is 13.2 Å². The van der Waals surface area contributed by atoms with Gasteiger partial charge in [0.15, 0.2) is 0 Å². The number of ether oxygens (including phenoxy) is 1. The topological polar surface area (TPSA) is 78.9 Å². The van der Waals surface area contributed by atoms with E-state index < -0.39 is 19.7 Å². The molecule has 0 heterocycles. The van der Waals surface area contributed by atoms with Crippen LogP contribution in [0.1, 0.15) is 51.7 Å². The van der Waals surface area contributed by atoms with Crippen LogP contribution in [0.3, 0.4) is 0 Å². The van der Waals surface area contributed by atoms with Crippen molar-refractivity contribution in [3.63, 3.8) is 0 Å². The summed E-state index contributed by atoms with van der Waals surface area (Å²) in [6.07, 6.45) is -0.334. The Morgan fingerprint density at radius 3 is 2.15 bits per heavy atom. The number of carbonyl (C=O) groups is 2. The first-order chi connectivity index (χ1) is 12.3. The Bertz CT molecular complexity index is 621. The number of halogens is 1. The van der Waals surface area contributed by atoms with Crippen LogP contribution >= 0.6 is 19.2 Å². The molecule has 1 atom stereocenters. The fourth-order valence-electron chi connectivity index (χ4n) is 2.34. The van der Waals surface area contributed by atoms with Crippen molar-refractivity contribution in [2.24, 2.45) is 0 Å². The molecule has 8 heteroatoms. The Balaban J connectivity index is 2.89. The van der Waals surface area contributed by atoms with Crippen LogP contribution in [0.4, 0.5) is 0 Å². The lowest BCUT2D eigenvalue weighted by molar-refractivity contribution is -0.150. The fourth-order valence-corrected chi connectivity index (χ4v) is 4.07. The Kier molecular flexibility index (Phi) is 10.1. The van der Waals surface area contributed by atoms with Gasteiger partial charge in [-0.2, -0.15) is 0 Å². The Morgan fingerprint density at radius 1 is 1.08 bits per heavy atom. The first kappa shape index (κ1) is 22.8. The summed E-state index contributed by atoms with van der Waals surface area (Å²) >= 11 is 5.89. The molecule has 1 aromatic carbocycles. The van der Waals surface area contributed by atoms with E-state index in [9.17, 15) is 14.2 Å². The number of carbonyl (C=O) groups excluding carboxylic acids is 2. The Morgan fingerprint density at radius 2 is 1.65 bits per heavy atom. The maximum Gasteiger partial charge on any atom is 0.338 e. The third-order valence-electron chi connectivity index (χ3n) is 3.40. The maximum absolute atomic E-state index is 12.5. The number of rotatable bonds is 12. The van der Waals surface area contributed by atoms with Gasteiger partial charge >= 0.3 is 13.6 Å². The summed E-state index contributed by atoms with van der Waals surface area (Å²) in [4.78, 5) is 24.4. The summed E-state index contributed by atoms with van der Waals surface area (Å²) in [7, 11) is -3.49. The van der Waals surface area contributed by atoms with Crippen LogP contribution in [0.15, 0.2) is 24.3 Å². The minimum Gasteiger partial charge on any atom is -0.457 e.